The van der Waals surface area contributed by atoms with Gasteiger partial charge in [0, 0.05) is 11.9 Å². The van der Waals surface area contributed by atoms with E-state index in [9.17, 15) is 4.79 Å². The second-order valence-electron chi connectivity index (χ2n) is 5.03. The first-order valence-corrected chi connectivity index (χ1v) is 6.53. The van der Waals surface area contributed by atoms with Gasteiger partial charge in [0.05, 0.1) is 11.2 Å². The second-order valence-corrected chi connectivity index (χ2v) is 5.03. The molecule has 1 aliphatic rings. The average molecular weight is 239 g/mol. The summed E-state index contributed by atoms with van der Waals surface area (Å²) in [4.78, 5) is 11.2. The Morgan fingerprint density at radius 3 is 2.89 bits per heavy atom. The predicted molar refractivity (Wildman–Crippen MR) is 74.8 cm³/mol. The van der Waals surface area contributed by atoms with E-state index in [1.807, 2.05) is 25.1 Å². The van der Waals surface area contributed by atoms with Gasteiger partial charge in [0.15, 0.2) is 6.29 Å². The molecule has 1 saturated carbocycles. The van der Waals surface area contributed by atoms with Gasteiger partial charge in [-0.3, -0.25) is 4.79 Å². The molecular formula is C16H17NO. The van der Waals surface area contributed by atoms with Crippen molar-refractivity contribution in [3.63, 3.8) is 0 Å². The lowest BCUT2D eigenvalue weighted by Gasteiger charge is -2.08. The van der Waals surface area contributed by atoms with Crippen LogP contribution in [0.4, 0.5) is 0 Å². The number of fused-ring (bicyclic) bond motifs is 1. The SMILES string of the molecule is CC=Cc1cccc2cc(C=O)n(CC3CC3)c12. The van der Waals surface area contributed by atoms with E-state index in [4.69, 9.17) is 0 Å². The highest BCUT2D eigenvalue weighted by molar-refractivity contribution is 5.94. The molecule has 1 heterocycles. The molecule has 1 aromatic heterocycles. The van der Waals surface area contributed by atoms with Crippen LogP contribution in [-0.2, 0) is 6.54 Å². The van der Waals surface area contributed by atoms with E-state index in [0.717, 1.165) is 29.8 Å². The Morgan fingerprint density at radius 1 is 1.39 bits per heavy atom. The van der Waals surface area contributed by atoms with Gasteiger partial charge in [-0.05, 0) is 37.3 Å². The molecule has 0 unspecified atom stereocenters. The summed E-state index contributed by atoms with van der Waals surface area (Å²) in [6.07, 6.45) is 7.72. The molecule has 1 aliphatic carbocycles. The van der Waals surface area contributed by atoms with Gasteiger partial charge in [0.25, 0.3) is 0 Å². The molecular weight excluding hydrogens is 222 g/mol. The van der Waals surface area contributed by atoms with Crippen LogP contribution in [0.2, 0.25) is 0 Å². The summed E-state index contributed by atoms with van der Waals surface area (Å²) in [6, 6.07) is 8.24. The zero-order valence-electron chi connectivity index (χ0n) is 10.6. The standard InChI is InChI=1S/C16H17NO/c1-2-4-13-5-3-6-14-9-15(11-18)17(16(13)14)10-12-7-8-12/h2-6,9,11-12H,7-8,10H2,1H3. The molecule has 3 rings (SSSR count). The van der Waals surface area contributed by atoms with Crippen LogP contribution < -0.4 is 0 Å². The first-order valence-electron chi connectivity index (χ1n) is 6.53. The monoisotopic (exact) mass is 239 g/mol. The lowest BCUT2D eigenvalue weighted by atomic mass is 10.1. The minimum absolute atomic E-state index is 0.762. The van der Waals surface area contributed by atoms with E-state index in [0.29, 0.717) is 0 Å². The molecule has 0 N–H and O–H groups in total. The summed E-state index contributed by atoms with van der Waals surface area (Å²) < 4.78 is 2.19. The molecule has 0 radical (unpaired) electrons. The van der Waals surface area contributed by atoms with Gasteiger partial charge >= 0.3 is 0 Å². The number of aldehydes is 1. The van der Waals surface area contributed by atoms with Crippen molar-refractivity contribution in [2.45, 2.75) is 26.3 Å². The molecule has 92 valence electrons. The maximum Gasteiger partial charge on any atom is 0.166 e. The maximum absolute atomic E-state index is 11.2. The van der Waals surface area contributed by atoms with Crippen molar-refractivity contribution >= 4 is 23.3 Å². The van der Waals surface area contributed by atoms with E-state index in [2.05, 4.69) is 22.8 Å². The third-order valence-electron chi connectivity index (χ3n) is 3.59. The summed E-state index contributed by atoms with van der Waals surface area (Å²) in [5, 5.41) is 1.16. The number of benzene rings is 1. The van der Waals surface area contributed by atoms with Crippen molar-refractivity contribution in [1.29, 1.82) is 0 Å². The quantitative estimate of drug-likeness (QED) is 0.742. The number of hydrogen-bond donors (Lipinski definition) is 0. The van der Waals surface area contributed by atoms with Gasteiger partial charge in [-0.2, -0.15) is 0 Å². The molecule has 2 aromatic rings. The van der Waals surface area contributed by atoms with Crippen molar-refractivity contribution in [3.05, 3.63) is 41.6 Å². The van der Waals surface area contributed by atoms with Gasteiger partial charge in [-0.15, -0.1) is 0 Å². The molecule has 0 atom stereocenters. The lowest BCUT2D eigenvalue weighted by Crippen LogP contribution is -2.04. The third kappa shape index (κ3) is 1.88. The van der Waals surface area contributed by atoms with Crippen molar-refractivity contribution < 1.29 is 4.79 Å². The fourth-order valence-electron chi connectivity index (χ4n) is 2.54. The van der Waals surface area contributed by atoms with Crippen molar-refractivity contribution in [1.82, 2.24) is 4.57 Å². The Labute approximate surface area is 107 Å². The fraction of sp³-hybridized carbons (Fsp3) is 0.312. The summed E-state index contributed by atoms with van der Waals surface area (Å²) in [6.45, 7) is 3.00. The second kappa shape index (κ2) is 4.45. The molecule has 0 saturated heterocycles. The zero-order chi connectivity index (χ0) is 12.5. The van der Waals surface area contributed by atoms with E-state index >= 15 is 0 Å². The average Bonchev–Trinajstić information content (AvgIpc) is 3.11. The van der Waals surface area contributed by atoms with Gasteiger partial charge < -0.3 is 4.57 Å². The molecule has 0 amide bonds. The molecule has 1 fully saturated rings. The first-order chi connectivity index (χ1) is 8.83. The van der Waals surface area contributed by atoms with Crippen LogP contribution in [-0.4, -0.2) is 10.9 Å². The molecule has 0 spiro atoms. The Hall–Kier alpha value is -1.83. The van der Waals surface area contributed by atoms with E-state index < -0.39 is 0 Å². The molecule has 1 aromatic carbocycles. The van der Waals surface area contributed by atoms with Crippen LogP contribution in [0.5, 0.6) is 0 Å². The van der Waals surface area contributed by atoms with Crippen LogP contribution in [0.25, 0.3) is 17.0 Å². The summed E-state index contributed by atoms with van der Waals surface area (Å²) in [5.74, 6) is 0.762. The zero-order valence-corrected chi connectivity index (χ0v) is 10.6. The van der Waals surface area contributed by atoms with Gasteiger partial charge in [-0.25, -0.2) is 0 Å². The first kappa shape index (κ1) is 11.3. The van der Waals surface area contributed by atoms with Crippen LogP contribution in [0.3, 0.4) is 0 Å². The highest BCUT2D eigenvalue weighted by atomic mass is 16.1. The topological polar surface area (TPSA) is 22.0 Å². The number of rotatable bonds is 4. The molecule has 0 aliphatic heterocycles. The normalized spacial score (nSPS) is 15.6. The lowest BCUT2D eigenvalue weighted by molar-refractivity contribution is 0.111. The largest absolute Gasteiger partial charge is 0.338 e. The fourth-order valence-corrected chi connectivity index (χ4v) is 2.54. The summed E-state index contributed by atoms with van der Waals surface area (Å²) in [7, 11) is 0. The van der Waals surface area contributed by atoms with E-state index in [1.165, 1.54) is 23.9 Å². The Morgan fingerprint density at radius 2 is 2.22 bits per heavy atom. The van der Waals surface area contributed by atoms with Gasteiger partial charge in [-0.1, -0.05) is 30.4 Å². The maximum atomic E-state index is 11.2. The number of hydrogen-bond acceptors (Lipinski definition) is 1. The Balaban J connectivity index is 2.23. The van der Waals surface area contributed by atoms with Crippen molar-refractivity contribution in [2.75, 3.05) is 0 Å². The molecule has 18 heavy (non-hydrogen) atoms. The number of carbonyl (C=O) groups excluding carboxylic acids is 1. The molecule has 2 heteroatoms. The molecule has 0 bridgehead atoms. The minimum Gasteiger partial charge on any atom is -0.338 e. The predicted octanol–water partition coefficient (Wildman–Crippen LogP) is 3.90. The van der Waals surface area contributed by atoms with Gasteiger partial charge in [0.2, 0.25) is 0 Å². The highest BCUT2D eigenvalue weighted by Crippen LogP contribution is 2.34. The number of nitrogens with zero attached hydrogens (tertiary/aromatic N) is 1. The number of aromatic nitrogens is 1. The van der Waals surface area contributed by atoms with Crippen LogP contribution in [0.1, 0.15) is 35.8 Å². The van der Waals surface area contributed by atoms with Crippen molar-refractivity contribution in [2.24, 2.45) is 5.92 Å². The number of allylic oxidation sites excluding steroid dienone is 1. The van der Waals surface area contributed by atoms with Gasteiger partial charge in [0.1, 0.15) is 0 Å². The van der Waals surface area contributed by atoms with E-state index in [-0.39, 0.29) is 0 Å². The van der Waals surface area contributed by atoms with E-state index in [1.54, 1.807) is 0 Å². The molecule has 2 nitrogen and oxygen atoms in total. The number of carbonyl (C=O) groups is 1. The minimum atomic E-state index is 0.762. The Bertz CT molecular complexity index is 617. The third-order valence-corrected chi connectivity index (χ3v) is 3.59. The Kier molecular flexibility index (Phi) is 2.78. The van der Waals surface area contributed by atoms with Crippen LogP contribution >= 0.6 is 0 Å². The van der Waals surface area contributed by atoms with Crippen LogP contribution in [0.15, 0.2) is 30.3 Å². The van der Waals surface area contributed by atoms with Crippen molar-refractivity contribution in [3.8, 4) is 0 Å². The highest BCUT2D eigenvalue weighted by Gasteiger charge is 2.24. The van der Waals surface area contributed by atoms with Crippen LogP contribution in [0, 0.1) is 5.92 Å². The number of para-hydroxylation sites is 1. The summed E-state index contributed by atoms with van der Waals surface area (Å²) >= 11 is 0. The smallest absolute Gasteiger partial charge is 0.166 e. The summed E-state index contributed by atoms with van der Waals surface area (Å²) in [5.41, 5.74) is 3.20.